The van der Waals surface area contributed by atoms with Gasteiger partial charge in [0, 0.05) is 16.8 Å². The van der Waals surface area contributed by atoms with E-state index in [4.69, 9.17) is 4.74 Å². The van der Waals surface area contributed by atoms with Crippen molar-refractivity contribution in [3.05, 3.63) is 95.1 Å². The Hall–Kier alpha value is -3.74. The highest BCUT2D eigenvalue weighted by molar-refractivity contribution is 6.01. The van der Waals surface area contributed by atoms with Crippen LogP contribution in [0.15, 0.2) is 66.7 Å². The Morgan fingerprint density at radius 1 is 1.00 bits per heavy atom. The molecular weight excluding hydrogens is 414 g/mol. The van der Waals surface area contributed by atoms with Gasteiger partial charge in [-0.3, -0.25) is 9.59 Å². The fraction of sp³-hybridized carbons (Fsp3) is 0.200. The van der Waals surface area contributed by atoms with Crippen LogP contribution in [0.4, 0.5) is 14.5 Å². The van der Waals surface area contributed by atoms with Crippen molar-refractivity contribution in [1.29, 1.82) is 0 Å². The third kappa shape index (κ3) is 4.46. The quantitative estimate of drug-likeness (QED) is 0.631. The zero-order valence-electron chi connectivity index (χ0n) is 17.6. The van der Waals surface area contributed by atoms with Gasteiger partial charge in [-0.1, -0.05) is 12.1 Å². The van der Waals surface area contributed by atoms with Gasteiger partial charge in [-0.25, -0.2) is 8.78 Å². The lowest BCUT2D eigenvalue weighted by Crippen LogP contribution is -2.39. The first-order valence-corrected chi connectivity index (χ1v) is 10.2. The molecule has 5 nitrogen and oxygen atoms in total. The maximum atomic E-state index is 14.2. The monoisotopic (exact) mass is 436 g/mol. The highest BCUT2D eigenvalue weighted by Crippen LogP contribution is 2.37. The Balaban J connectivity index is 1.79. The highest BCUT2D eigenvalue weighted by Gasteiger charge is 2.34. The average Bonchev–Trinajstić information content (AvgIpc) is 2.90. The van der Waals surface area contributed by atoms with Crippen LogP contribution in [0.25, 0.3) is 0 Å². The summed E-state index contributed by atoms with van der Waals surface area (Å²) in [6.07, 6.45) is -0.0138. The number of benzene rings is 3. The molecule has 0 bridgehead atoms. The predicted molar refractivity (Wildman–Crippen MR) is 117 cm³/mol. The smallest absolute Gasteiger partial charge is 0.255 e. The van der Waals surface area contributed by atoms with Gasteiger partial charge in [0.25, 0.3) is 5.91 Å². The van der Waals surface area contributed by atoms with Gasteiger partial charge in [0.2, 0.25) is 5.91 Å². The predicted octanol–water partition coefficient (Wildman–Crippen LogP) is 4.94. The van der Waals surface area contributed by atoms with Crippen molar-refractivity contribution in [3.8, 4) is 5.75 Å². The van der Waals surface area contributed by atoms with Crippen LogP contribution in [0.3, 0.4) is 0 Å². The summed E-state index contributed by atoms with van der Waals surface area (Å²) in [6, 6.07) is 15.4. The molecule has 7 heteroatoms. The first-order chi connectivity index (χ1) is 15.3. The zero-order chi connectivity index (χ0) is 22.8. The molecule has 1 atom stereocenters. The molecule has 4 rings (SSSR count). The number of hydrogen-bond donors (Lipinski definition) is 1. The summed E-state index contributed by atoms with van der Waals surface area (Å²) in [4.78, 5) is 27.5. The van der Waals surface area contributed by atoms with Crippen LogP contribution in [0.5, 0.6) is 5.75 Å². The number of carbonyl (C=O) groups excluding carboxylic acids is 2. The molecule has 1 heterocycles. The van der Waals surface area contributed by atoms with Crippen LogP contribution in [0.1, 0.15) is 41.4 Å². The molecule has 0 saturated heterocycles. The van der Waals surface area contributed by atoms with Gasteiger partial charge < -0.3 is 15.0 Å². The van der Waals surface area contributed by atoms with Gasteiger partial charge >= 0.3 is 0 Å². The Bertz CT molecular complexity index is 1140. The standard InChI is InChI=1S/C25H22F2N2O3/c1-15(2)32-20-10-5-17(6-11-20)25(31)29-14-23(30)28-22-12-9-19(27)13-21(22)24(29)16-3-7-18(26)8-4-16/h3-13,15,24H,14H2,1-2H3,(H,28,30)/t24-/m0/s1. The van der Waals surface area contributed by atoms with Gasteiger partial charge in [0.15, 0.2) is 0 Å². The van der Waals surface area contributed by atoms with E-state index in [2.05, 4.69) is 5.32 Å². The van der Waals surface area contributed by atoms with E-state index in [1.54, 1.807) is 24.3 Å². The van der Waals surface area contributed by atoms with Crippen LogP contribution in [-0.4, -0.2) is 29.4 Å². The molecule has 32 heavy (non-hydrogen) atoms. The summed E-state index contributed by atoms with van der Waals surface area (Å²) in [5, 5.41) is 2.73. The van der Waals surface area contributed by atoms with Crippen LogP contribution in [0.2, 0.25) is 0 Å². The molecule has 2 amide bonds. The van der Waals surface area contributed by atoms with E-state index in [-0.39, 0.29) is 12.6 Å². The average molecular weight is 436 g/mol. The summed E-state index contributed by atoms with van der Waals surface area (Å²) in [5.41, 5.74) is 1.72. The van der Waals surface area contributed by atoms with E-state index in [1.165, 1.54) is 47.4 Å². The minimum Gasteiger partial charge on any atom is -0.491 e. The van der Waals surface area contributed by atoms with Gasteiger partial charge in [0.05, 0.1) is 12.1 Å². The lowest BCUT2D eigenvalue weighted by molar-refractivity contribution is -0.117. The number of hydrogen-bond acceptors (Lipinski definition) is 3. The highest BCUT2D eigenvalue weighted by atomic mass is 19.1. The number of anilines is 1. The summed E-state index contributed by atoms with van der Waals surface area (Å²) >= 11 is 0. The van der Waals surface area contributed by atoms with Gasteiger partial charge in [-0.2, -0.15) is 0 Å². The minimum atomic E-state index is -0.792. The molecule has 1 aliphatic rings. The Morgan fingerprint density at radius 3 is 2.31 bits per heavy atom. The van der Waals surface area contributed by atoms with Crippen molar-refractivity contribution >= 4 is 17.5 Å². The molecule has 1 aliphatic heterocycles. The van der Waals surface area contributed by atoms with E-state index >= 15 is 0 Å². The van der Waals surface area contributed by atoms with Crippen LogP contribution < -0.4 is 10.1 Å². The normalized spacial score (nSPS) is 15.7. The molecule has 1 N–H and O–H groups in total. The van der Waals surface area contributed by atoms with Crippen molar-refractivity contribution < 1.29 is 23.1 Å². The number of rotatable bonds is 4. The fourth-order valence-corrected chi connectivity index (χ4v) is 3.78. The topological polar surface area (TPSA) is 58.6 Å². The maximum absolute atomic E-state index is 14.2. The number of fused-ring (bicyclic) bond motifs is 1. The molecule has 3 aromatic rings. The Labute approximate surface area is 184 Å². The summed E-state index contributed by atoms with van der Waals surface area (Å²) in [6.45, 7) is 3.55. The van der Waals surface area contributed by atoms with Crippen molar-refractivity contribution in [2.24, 2.45) is 0 Å². The third-order valence-corrected chi connectivity index (χ3v) is 5.13. The minimum absolute atomic E-state index is 0.0138. The number of nitrogens with one attached hydrogen (secondary N) is 1. The number of carbonyl (C=O) groups is 2. The Morgan fingerprint density at radius 2 is 1.66 bits per heavy atom. The van der Waals surface area contributed by atoms with Crippen LogP contribution >= 0.6 is 0 Å². The third-order valence-electron chi connectivity index (χ3n) is 5.13. The second-order valence-electron chi connectivity index (χ2n) is 7.86. The van der Waals surface area contributed by atoms with Crippen molar-refractivity contribution in [1.82, 2.24) is 4.90 Å². The first kappa shape index (κ1) is 21.5. The summed E-state index contributed by atoms with van der Waals surface area (Å²) in [7, 11) is 0. The lowest BCUT2D eigenvalue weighted by Gasteiger charge is -2.30. The van der Waals surface area contributed by atoms with E-state index in [1.807, 2.05) is 13.8 Å². The van der Waals surface area contributed by atoms with Gasteiger partial charge in [0.1, 0.15) is 23.9 Å². The van der Waals surface area contributed by atoms with Crippen LogP contribution in [0, 0.1) is 11.6 Å². The van der Waals surface area contributed by atoms with Crippen molar-refractivity contribution in [2.75, 3.05) is 11.9 Å². The van der Waals surface area contributed by atoms with Gasteiger partial charge in [-0.15, -0.1) is 0 Å². The van der Waals surface area contributed by atoms with Crippen molar-refractivity contribution in [3.63, 3.8) is 0 Å². The number of halogens is 2. The van der Waals surface area contributed by atoms with E-state index in [0.29, 0.717) is 28.1 Å². The molecule has 3 aromatic carbocycles. The summed E-state index contributed by atoms with van der Waals surface area (Å²) < 4.78 is 33.4. The number of amides is 2. The second-order valence-corrected chi connectivity index (χ2v) is 7.86. The van der Waals surface area contributed by atoms with Crippen LogP contribution in [-0.2, 0) is 4.79 Å². The zero-order valence-corrected chi connectivity index (χ0v) is 17.6. The molecule has 0 unspecified atom stereocenters. The second kappa shape index (κ2) is 8.78. The van der Waals surface area contributed by atoms with Gasteiger partial charge in [-0.05, 0) is 74.0 Å². The number of nitrogens with zero attached hydrogens (tertiary/aromatic N) is 1. The first-order valence-electron chi connectivity index (χ1n) is 10.2. The lowest BCUT2D eigenvalue weighted by atomic mass is 9.95. The molecule has 0 spiro atoms. The molecule has 0 aromatic heterocycles. The molecule has 0 radical (unpaired) electrons. The number of ether oxygens (including phenoxy) is 1. The van der Waals surface area contributed by atoms with E-state index in [9.17, 15) is 18.4 Å². The van der Waals surface area contributed by atoms with E-state index in [0.717, 1.165) is 0 Å². The molecule has 0 fully saturated rings. The maximum Gasteiger partial charge on any atom is 0.255 e. The molecular formula is C25H22F2N2O3. The SMILES string of the molecule is CC(C)Oc1ccc(C(=O)N2CC(=O)Nc3ccc(F)cc3[C@@H]2c2ccc(F)cc2)cc1. The molecule has 0 aliphatic carbocycles. The summed E-state index contributed by atoms with van der Waals surface area (Å²) in [5.74, 6) is -1.14. The van der Waals surface area contributed by atoms with E-state index < -0.39 is 29.5 Å². The fourth-order valence-electron chi connectivity index (χ4n) is 3.78. The Kier molecular flexibility index (Phi) is 5.90. The van der Waals surface area contributed by atoms with Crippen molar-refractivity contribution in [2.45, 2.75) is 26.0 Å². The molecule has 0 saturated carbocycles. The molecule has 164 valence electrons. The largest absolute Gasteiger partial charge is 0.491 e.